The van der Waals surface area contributed by atoms with Crippen molar-refractivity contribution < 1.29 is 4.79 Å². The standard InChI is InChI=1S/C24H25ClN6O/c1-16-22(17(2)31(28-16)15-18-8-3-4-10-20(18)25)24(32)29-12-7-9-19(14-29)23-27-26-21-11-5-6-13-30(21)23/h3-6,8,10-11,13,19H,7,9,12,14-15H2,1-2H3. The third-order valence-electron chi connectivity index (χ3n) is 6.29. The molecular weight excluding hydrogens is 424 g/mol. The zero-order chi connectivity index (χ0) is 22.2. The Morgan fingerprint density at radius 3 is 2.78 bits per heavy atom. The summed E-state index contributed by atoms with van der Waals surface area (Å²) in [5.41, 5.74) is 4.11. The SMILES string of the molecule is Cc1nn(Cc2ccccc2Cl)c(C)c1C(=O)N1CCCC(c2nnc3ccccn23)C1. The number of rotatable bonds is 4. The van der Waals surface area contributed by atoms with Crippen LogP contribution >= 0.6 is 11.6 Å². The second-order valence-electron chi connectivity index (χ2n) is 8.37. The Balaban J connectivity index is 1.39. The third-order valence-corrected chi connectivity index (χ3v) is 6.66. The molecule has 1 aliphatic rings. The van der Waals surface area contributed by atoms with Crippen LogP contribution in [-0.2, 0) is 6.54 Å². The van der Waals surface area contributed by atoms with Crippen LogP contribution in [0.4, 0.5) is 0 Å². The number of carbonyl (C=O) groups excluding carboxylic acids is 1. The maximum Gasteiger partial charge on any atom is 0.257 e. The Kier molecular flexibility index (Phi) is 5.43. The van der Waals surface area contributed by atoms with Gasteiger partial charge in [0.25, 0.3) is 5.91 Å². The van der Waals surface area contributed by atoms with Crippen molar-refractivity contribution in [2.45, 2.75) is 39.2 Å². The molecule has 4 aromatic rings. The molecule has 1 unspecified atom stereocenters. The zero-order valence-electron chi connectivity index (χ0n) is 18.2. The lowest BCUT2D eigenvalue weighted by molar-refractivity contribution is 0.0702. The first-order valence-corrected chi connectivity index (χ1v) is 11.3. The number of carbonyl (C=O) groups is 1. The molecule has 1 aromatic carbocycles. The molecule has 3 aromatic heterocycles. The van der Waals surface area contributed by atoms with Crippen LogP contribution in [-0.4, -0.2) is 48.3 Å². The minimum atomic E-state index is 0.0314. The summed E-state index contributed by atoms with van der Waals surface area (Å²) in [5, 5.41) is 14.1. The molecule has 0 N–H and O–H groups in total. The van der Waals surface area contributed by atoms with Crippen molar-refractivity contribution in [2.75, 3.05) is 13.1 Å². The first-order chi connectivity index (χ1) is 15.5. The quantitative estimate of drug-likeness (QED) is 0.467. The summed E-state index contributed by atoms with van der Waals surface area (Å²) in [7, 11) is 0. The van der Waals surface area contributed by atoms with E-state index in [0.717, 1.165) is 47.8 Å². The van der Waals surface area contributed by atoms with E-state index < -0.39 is 0 Å². The molecule has 164 valence electrons. The maximum atomic E-state index is 13.6. The van der Waals surface area contributed by atoms with Crippen molar-refractivity contribution in [1.29, 1.82) is 0 Å². The molecule has 4 heterocycles. The number of amides is 1. The van der Waals surface area contributed by atoms with Crippen LogP contribution in [0.3, 0.4) is 0 Å². The molecule has 0 spiro atoms. The Hall–Kier alpha value is -3.19. The Morgan fingerprint density at radius 2 is 1.94 bits per heavy atom. The fourth-order valence-electron chi connectivity index (χ4n) is 4.62. The normalized spacial score (nSPS) is 16.6. The third kappa shape index (κ3) is 3.66. The molecule has 0 bridgehead atoms. The van der Waals surface area contributed by atoms with E-state index in [2.05, 4.69) is 15.3 Å². The van der Waals surface area contributed by atoms with Crippen molar-refractivity contribution >= 4 is 23.2 Å². The van der Waals surface area contributed by atoms with E-state index in [1.165, 1.54) is 0 Å². The molecule has 8 heteroatoms. The molecule has 1 amide bonds. The summed E-state index contributed by atoms with van der Waals surface area (Å²) in [6, 6.07) is 13.6. The Labute approximate surface area is 191 Å². The number of halogens is 1. The maximum absolute atomic E-state index is 13.6. The second-order valence-corrected chi connectivity index (χ2v) is 8.78. The minimum absolute atomic E-state index is 0.0314. The van der Waals surface area contributed by atoms with E-state index in [1.807, 2.05) is 76.5 Å². The monoisotopic (exact) mass is 448 g/mol. The molecule has 32 heavy (non-hydrogen) atoms. The zero-order valence-corrected chi connectivity index (χ0v) is 19.0. The Morgan fingerprint density at radius 1 is 1.12 bits per heavy atom. The molecule has 1 fully saturated rings. The number of hydrogen-bond donors (Lipinski definition) is 0. The summed E-state index contributed by atoms with van der Waals surface area (Å²) >= 11 is 6.33. The fraction of sp³-hybridized carbons (Fsp3) is 0.333. The molecule has 1 atom stereocenters. The molecule has 5 rings (SSSR count). The number of aryl methyl sites for hydroxylation is 1. The molecule has 7 nitrogen and oxygen atoms in total. The van der Waals surface area contributed by atoms with E-state index in [0.29, 0.717) is 23.7 Å². The summed E-state index contributed by atoms with van der Waals surface area (Å²) in [4.78, 5) is 15.5. The molecule has 1 saturated heterocycles. The van der Waals surface area contributed by atoms with E-state index in [-0.39, 0.29) is 11.8 Å². The molecular formula is C24H25ClN6O. The van der Waals surface area contributed by atoms with Gasteiger partial charge >= 0.3 is 0 Å². The van der Waals surface area contributed by atoms with Gasteiger partial charge in [0.05, 0.1) is 17.8 Å². The van der Waals surface area contributed by atoms with Gasteiger partial charge in [0.2, 0.25) is 0 Å². The van der Waals surface area contributed by atoms with Gasteiger partial charge in [0, 0.05) is 35.9 Å². The number of piperidine rings is 1. The topological polar surface area (TPSA) is 68.3 Å². The number of nitrogens with zero attached hydrogens (tertiary/aromatic N) is 6. The van der Waals surface area contributed by atoms with E-state index in [4.69, 9.17) is 11.6 Å². The van der Waals surface area contributed by atoms with Crippen molar-refractivity contribution in [3.63, 3.8) is 0 Å². The number of hydrogen-bond acceptors (Lipinski definition) is 4. The second kappa shape index (κ2) is 8.39. The average Bonchev–Trinajstić information content (AvgIpc) is 3.35. The number of fused-ring (bicyclic) bond motifs is 1. The lowest BCUT2D eigenvalue weighted by atomic mass is 9.96. The molecule has 1 aliphatic heterocycles. The van der Waals surface area contributed by atoms with Gasteiger partial charge in [-0.3, -0.25) is 13.9 Å². The van der Waals surface area contributed by atoms with Gasteiger partial charge in [-0.15, -0.1) is 10.2 Å². The van der Waals surface area contributed by atoms with Crippen LogP contribution in [0.25, 0.3) is 5.65 Å². The van der Waals surface area contributed by atoms with Gasteiger partial charge in [0.15, 0.2) is 5.65 Å². The van der Waals surface area contributed by atoms with Gasteiger partial charge < -0.3 is 4.90 Å². The predicted molar refractivity (Wildman–Crippen MR) is 123 cm³/mol. The molecule has 0 radical (unpaired) electrons. The number of pyridine rings is 1. The van der Waals surface area contributed by atoms with E-state index in [1.54, 1.807) is 0 Å². The molecule has 0 saturated carbocycles. The molecule has 0 aliphatic carbocycles. The van der Waals surface area contributed by atoms with Crippen LogP contribution in [0, 0.1) is 13.8 Å². The highest BCUT2D eigenvalue weighted by molar-refractivity contribution is 6.31. The lowest BCUT2D eigenvalue weighted by Gasteiger charge is -2.32. The van der Waals surface area contributed by atoms with Crippen LogP contribution in [0.2, 0.25) is 5.02 Å². The van der Waals surface area contributed by atoms with E-state index in [9.17, 15) is 4.79 Å². The minimum Gasteiger partial charge on any atom is -0.338 e. The fourth-order valence-corrected chi connectivity index (χ4v) is 4.81. The predicted octanol–water partition coefficient (Wildman–Crippen LogP) is 4.26. The average molecular weight is 449 g/mol. The van der Waals surface area contributed by atoms with Crippen LogP contribution in [0.15, 0.2) is 48.7 Å². The highest BCUT2D eigenvalue weighted by Crippen LogP contribution is 2.28. The lowest BCUT2D eigenvalue weighted by Crippen LogP contribution is -2.40. The summed E-state index contributed by atoms with van der Waals surface area (Å²) < 4.78 is 3.90. The van der Waals surface area contributed by atoms with Crippen LogP contribution in [0.1, 0.15) is 51.9 Å². The first-order valence-electron chi connectivity index (χ1n) is 10.9. The highest BCUT2D eigenvalue weighted by Gasteiger charge is 2.31. The van der Waals surface area contributed by atoms with Crippen molar-refractivity contribution in [3.05, 3.63) is 82.0 Å². The van der Waals surface area contributed by atoms with Gasteiger partial charge in [-0.1, -0.05) is 35.9 Å². The number of likely N-dealkylation sites (tertiary alicyclic amines) is 1. The van der Waals surface area contributed by atoms with Gasteiger partial charge in [-0.2, -0.15) is 5.10 Å². The first kappa shape index (κ1) is 20.7. The van der Waals surface area contributed by atoms with Crippen molar-refractivity contribution in [1.82, 2.24) is 29.3 Å². The van der Waals surface area contributed by atoms with Crippen molar-refractivity contribution in [3.8, 4) is 0 Å². The van der Waals surface area contributed by atoms with Crippen LogP contribution < -0.4 is 0 Å². The van der Waals surface area contributed by atoms with Crippen molar-refractivity contribution in [2.24, 2.45) is 0 Å². The van der Waals surface area contributed by atoms with E-state index >= 15 is 0 Å². The van der Waals surface area contributed by atoms with Gasteiger partial charge in [0.1, 0.15) is 5.82 Å². The number of benzene rings is 1. The van der Waals surface area contributed by atoms with Crippen LogP contribution in [0.5, 0.6) is 0 Å². The van der Waals surface area contributed by atoms with Gasteiger partial charge in [-0.25, -0.2) is 0 Å². The Bertz CT molecular complexity index is 1290. The summed E-state index contributed by atoms with van der Waals surface area (Å²) in [6.45, 7) is 5.76. The number of aromatic nitrogens is 5. The summed E-state index contributed by atoms with van der Waals surface area (Å²) in [6.07, 6.45) is 3.91. The smallest absolute Gasteiger partial charge is 0.257 e. The highest BCUT2D eigenvalue weighted by atomic mass is 35.5. The largest absolute Gasteiger partial charge is 0.338 e. The summed E-state index contributed by atoms with van der Waals surface area (Å²) in [5.74, 6) is 1.11. The van der Waals surface area contributed by atoms with Gasteiger partial charge in [-0.05, 0) is 50.5 Å².